The number of furan rings is 1. The van der Waals surface area contributed by atoms with E-state index < -0.39 is 0 Å². The smallest absolute Gasteiger partial charge is 0.0934 e. The molecule has 0 saturated heterocycles. The van der Waals surface area contributed by atoms with Crippen LogP contribution in [0, 0.1) is 0 Å². The van der Waals surface area contributed by atoms with E-state index in [0.29, 0.717) is 0 Å². The number of hydrogen-bond donors (Lipinski definition) is 0. The lowest BCUT2D eigenvalue weighted by Crippen LogP contribution is -1.66. The minimum Gasteiger partial charge on any atom is -0.472 e. The van der Waals surface area contributed by atoms with Crippen LogP contribution >= 0.6 is 0 Å². The third-order valence-electron chi connectivity index (χ3n) is 0.988. The number of hydrogen-bond acceptors (Lipinski definition) is 1. The Kier molecular flexibility index (Phi) is 14.1. The van der Waals surface area contributed by atoms with Crippen LogP contribution in [0.3, 0.4) is 0 Å². The molecule has 0 fully saturated rings. The molecule has 0 saturated carbocycles. The molecule has 1 rings (SSSR count). The van der Waals surface area contributed by atoms with Gasteiger partial charge in [-0.2, -0.15) is 0 Å². The topological polar surface area (TPSA) is 13.1 Å². The lowest BCUT2D eigenvalue weighted by atomic mass is 10.3. The molecule has 0 unspecified atom stereocenters. The molecule has 0 aromatic carbocycles. The quantitative estimate of drug-likeness (QED) is 0.601. The van der Waals surface area contributed by atoms with Crippen molar-refractivity contribution in [2.75, 3.05) is 0 Å². The zero-order valence-corrected chi connectivity index (χ0v) is 8.35. The van der Waals surface area contributed by atoms with Gasteiger partial charge in [-0.3, -0.25) is 0 Å². The molecular weight excluding hydrogens is 136 g/mol. The van der Waals surface area contributed by atoms with E-state index in [2.05, 4.69) is 6.92 Å². The Labute approximate surface area is 70.4 Å². The van der Waals surface area contributed by atoms with Crippen molar-refractivity contribution in [1.29, 1.82) is 0 Å². The lowest BCUT2D eigenvalue weighted by molar-refractivity contribution is 0.564. The third kappa shape index (κ3) is 7.17. The van der Waals surface area contributed by atoms with Gasteiger partial charge in [-0.15, -0.1) is 0 Å². The normalized spacial score (nSPS) is 7.00. The van der Waals surface area contributed by atoms with E-state index in [0.717, 1.165) is 6.42 Å². The molecule has 1 heteroatoms. The first-order chi connectivity index (χ1) is 5.43. The van der Waals surface area contributed by atoms with Gasteiger partial charge >= 0.3 is 0 Å². The fourth-order valence-electron chi connectivity index (χ4n) is 0.494. The molecule has 0 radical (unpaired) electrons. The predicted octanol–water partition coefficient (Wildman–Crippen LogP) is 3.89. The van der Waals surface area contributed by atoms with E-state index in [4.69, 9.17) is 4.42 Å². The van der Waals surface area contributed by atoms with Gasteiger partial charge in [0.05, 0.1) is 12.5 Å². The highest BCUT2D eigenvalue weighted by atomic mass is 16.3. The van der Waals surface area contributed by atoms with Crippen LogP contribution in [-0.2, 0) is 6.42 Å². The molecule has 0 amide bonds. The van der Waals surface area contributed by atoms with Gasteiger partial charge in [0.15, 0.2) is 0 Å². The Balaban J connectivity index is 0. The molecule has 0 aliphatic carbocycles. The molecule has 0 aliphatic heterocycles. The summed E-state index contributed by atoms with van der Waals surface area (Å²) in [6.07, 6.45) is 4.52. The molecule has 1 nitrogen and oxygen atoms in total. The molecule has 1 heterocycles. The summed E-state index contributed by atoms with van der Waals surface area (Å²) >= 11 is 0. The van der Waals surface area contributed by atoms with Gasteiger partial charge in [-0.25, -0.2) is 0 Å². The van der Waals surface area contributed by atoms with Crippen LogP contribution in [0.2, 0.25) is 0 Å². The third-order valence-corrected chi connectivity index (χ3v) is 0.988. The summed E-state index contributed by atoms with van der Waals surface area (Å²) in [5.74, 6) is 0. The minimum absolute atomic E-state index is 1.07. The Hall–Kier alpha value is -0.720. The fourth-order valence-corrected chi connectivity index (χ4v) is 0.494. The molecule has 1 aromatic rings. The molecule has 0 N–H and O–H groups in total. The van der Waals surface area contributed by atoms with Crippen LogP contribution in [0.1, 0.15) is 40.2 Å². The van der Waals surface area contributed by atoms with E-state index in [1.807, 2.05) is 33.8 Å². The van der Waals surface area contributed by atoms with Crippen molar-refractivity contribution >= 4 is 0 Å². The van der Waals surface area contributed by atoms with E-state index in [-0.39, 0.29) is 0 Å². The van der Waals surface area contributed by atoms with Crippen molar-refractivity contribution in [1.82, 2.24) is 0 Å². The Morgan fingerprint density at radius 2 is 1.73 bits per heavy atom. The standard InChI is InChI=1S/C6H8O.2C2H6/c1-2-6-3-4-7-5-6;2*1-2/h3-5H,2H2,1H3;2*1-2H3. The van der Waals surface area contributed by atoms with E-state index in [1.165, 1.54) is 5.56 Å². The number of aryl methyl sites for hydroxylation is 1. The van der Waals surface area contributed by atoms with Crippen LogP contribution in [-0.4, -0.2) is 0 Å². The Morgan fingerprint density at radius 1 is 1.18 bits per heavy atom. The minimum atomic E-state index is 1.07. The van der Waals surface area contributed by atoms with Gasteiger partial charge in [0, 0.05) is 0 Å². The van der Waals surface area contributed by atoms with Crippen LogP contribution in [0.25, 0.3) is 0 Å². The molecule has 11 heavy (non-hydrogen) atoms. The highest BCUT2D eigenvalue weighted by molar-refractivity contribution is 5.03. The van der Waals surface area contributed by atoms with Crippen LogP contribution in [0.15, 0.2) is 23.0 Å². The summed E-state index contributed by atoms with van der Waals surface area (Å²) < 4.78 is 4.81. The molecule has 1 aromatic heterocycles. The highest BCUT2D eigenvalue weighted by Crippen LogP contribution is 1.98. The second kappa shape index (κ2) is 12.0. The Morgan fingerprint density at radius 3 is 1.91 bits per heavy atom. The SMILES string of the molecule is CC.CC.CCc1ccoc1. The summed E-state index contributed by atoms with van der Waals surface area (Å²) in [5, 5.41) is 0. The Bertz CT molecular complexity index is 119. The largest absolute Gasteiger partial charge is 0.472 e. The van der Waals surface area contributed by atoms with Gasteiger partial charge in [0.1, 0.15) is 0 Å². The first-order valence-electron chi connectivity index (χ1n) is 4.44. The average Bonchev–Trinajstić information content (AvgIpc) is 2.63. The molecule has 0 spiro atoms. The van der Waals surface area contributed by atoms with Crippen LogP contribution < -0.4 is 0 Å². The number of rotatable bonds is 1. The van der Waals surface area contributed by atoms with Gasteiger partial charge in [0.2, 0.25) is 0 Å². The zero-order chi connectivity index (χ0) is 9.11. The summed E-state index contributed by atoms with van der Waals surface area (Å²) in [5.41, 5.74) is 1.26. The summed E-state index contributed by atoms with van der Waals surface area (Å²) in [7, 11) is 0. The van der Waals surface area contributed by atoms with Crippen molar-refractivity contribution in [3.63, 3.8) is 0 Å². The van der Waals surface area contributed by atoms with E-state index in [9.17, 15) is 0 Å². The van der Waals surface area contributed by atoms with Crippen LogP contribution in [0.4, 0.5) is 0 Å². The first kappa shape index (κ1) is 12.9. The van der Waals surface area contributed by atoms with Crippen LogP contribution in [0.5, 0.6) is 0 Å². The second-order valence-corrected chi connectivity index (χ2v) is 1.49. The van der Waals surface area contributed by atoms with Crippen molar-refractivity contribution in [3.8, 4) is 0 Å². The maximum Gasteiger partial charge on any atom is 0.0934 e. The van der Waals surface area contributed by atoms with E-state index >= 15 is 0 Å². The molecule has 66 valence electrons. The lowest BCUT2D eigenvalue weighted by Gasteiger charge is -1.76. The van der Waals surface area contributed by atoms with Gasteiger partial charge in [0.25, 0.3) is 0 Å². The summed E-state index contributed by atoms with van der Waals surface area (Å²) in [6, 6.07) is 1.97. The maximum absolute atomic E-state index is 4.81. The molecule has 0 aliphatic rings. The molecular formula is C10H20O. The van der Waals surface area contributed by atoms with Gasteiger partial charge < -0.3 is 4.42 Å². The van der Waals surface area contributed by atoms with Gasteiger partial charge in [-0.05, 0) is 18.1 Å². The van der Waals surface area contributed by atoms with E-state index in [1.54, 1.807) is 12.5 Å². The second-order valence-electron chi connectivity index (χ2n) is 1.49. The van der Waals surface area contributed by atoms with Crippen molar-refractivity contribution in [2.24, 2.45) is 0 Å². The summed E-state index contributed by atoms with van der Waals surface area (Å²) in [4.78, 5) is 0. The molecule has 0 atom stereocenters. The maximum atomic E-state index is 4.81. The van der Waals surface area contributed by atoms with Crippen molar-refractivity contribution in [3.05, 3.63) is 24.2 Å². The van der Waals surface area contributed by atoms with Gasteiger partial charge in [-0.1, -0.05) is 34.6 Å². The summed E-state index contributed by atoms with van der Waals surface area (Å²) in [6.45, 7) is 10.1. The first-order valence-corrected chi connectivity index (χ1v) is 4.44. The average molecular weight is 156 g/mol. The van der Waals surface area contributed by atoms with Crippen molar-refractivity contribution < 1.29 is 4.42 Å². The zero-order valence-electron chi connectivity index (χ0n) is 8.35. The highest BCUT2D eigenvalue weighted by Gasteiger charge is 1.83. The predicted molar refractivity (Wildman–Crippen MR) is 50.8 cm³/mol. The van der Waals surface area contributed by atoms with Crippen molar-refractivity contribution in [2.45, 2.75) is 41.0 Å². The molecule has 0 bridgehead atoms. The fraction of sp³-hybridized carbons (Fsp3) is 0.600. The monoisotopic (exact) mass is 156 g/mol.